The quantitative estimate of drug-likeness (QED) is 0.746. The first kappa shape index (κ1) is 14.6. The third-order valence-electron chi connectivity index (χ3n) is 2.10. The van der Waals surface area contributed by atoms with Crippen LogP contribution in [0.15, 0.2) is 24.3 Å². The first-order valence-electron chi connectivity index (χ1n) is 5.04. The van der Waals surface area contributed by atoms with Gasteiger partial charge in [-0.25, -0.2) is 8.42 Å². The van der Waals surface area contributed by atoms with Crippen LogP contribution >= 0.6 is 0 Å². The lowest BCUT2D eigenvalue weighted by Crippen LogP contribution is -2.12. The predicted molar refractivity (Wildman–Crippen MR) is 61.7 cm³/mol. The molecular weight excluding hydrogens is 266 g/mol. The number of ether oxygens (including phenoxy) is 1. The maximum atomic E-state index is 12.1. The average molecular weight is 278 g/mol. The van der Waals surface area contributed by atoms with Crippen LogP contribution < -0.4 is 4.74 Å². The van der Waals surface area contributed by atoms with E-state index in [9.17, 15) is 22.0 Å². The smallest absolute Gasteiger partial charge is 0.387 e. The molecule has 100 valence electrons. The molecule has 0 spiro atoms. The van der Waals surface area contributed by atoms with Gasteiger partial charge in [-0.1, -0.05) is 12.1 Å². The van der Waals surface area contributed by atoms with Crippen LogP contribution in [0.4, 0.5) is 8.78 Å². The van der Waals surface area contributed by atoms with Crippen molar-refractivity contribution in [1.82, 2.24) is 0 Å². The van der Waals surface area contributed by atoms with E-state index in [-0.39, 0.29) is 23.5 Å². The van der Waals surface area contributed by atoms with Crippen LogP contribution in [0.25, 0.3) is 0 Å². The molecule has 4 nitrogen and oxygen atoms in total. The molecule has 0 aromatic heterocycles. The number of para-hydroxylation sites is 1. The molecule has 1 rings (SSSR count). The number of hydrogen-bond acceptors (Lipinski definition) is 4. The number of benzene rings is 1. The number of alkyl halides is 2. The summed E-state index contributed by atoms with van der Waals surface area (Å²) in [4.78, 5) is 11.7. The van der Waals surface area contributed by atoms with Gasteiger partial charge in [0.2, 0.25) is 0 Å². The number of carbonyl (C=O) groups excluding carboxylic acids is 1. The van der Waals surface area contributed by atoms with Crippen molar-refractivity contribution in [3.63, 3.8) is 0 Å². The van der Waals surface area contributed by atoms with Gasteiger partial charge in [-0.15, -0.1) is 0 Å². The van der Waals surface area contributed by atoms with E-state index < -0.39 is 22.2 Å². The van der Waals surface area contributed by atoms with Gasteiger partial charge in [-0.2, -0.15) is 8.78 Å². The molecule has 0 aliphatic heterocycles. The molecule has 0 saturated carbocycles. The van der Waals surface area contributed by atoms with Gasteiger partial charge in [-0.05, 0) is 12.1 Å². The Morgan fingerprint density at radius 1 is 1.33 bits per heavy atom. The van der Waals surface area contributed by atoms with Crippen molar-refractivity contribution in [3.8, 4) is 5.75 Å². The van der Waals surface area contributed by atoms with E-state index in [0.29, 0.717) is 0 Å². The second-order valence-electron chi connectivity index (χ2n) is 3.68. The average Bonchev–Trinajstić information content (AvgIpc) is 2.25. The molecule has 1 aromatic rings. The monoisotopic (exact) mass is 278 g/mol. The minimum Gasteiger partial charge on any atom is -0.434 e. The van der Waals surface area contributed by atoms with Crippen molar-refractivity contribution >= 4 is 15.6 Å². The van der Waals surface area contributed by atoms with Crippen molar-refractivity contribution in [1.29, 1.82) is 0 Å². The number of hydrogen-bond donors (Lipinski definition) is 0. The number of rotatable bonds is 6. The fourth-order valence-corrected chi connectivity index (χ4v) is 1.86. The van der Waals surface area contributed by atoms with Crippen molar-refractivity contribution in [3.05, 3.63) is 29.8 Å². The molecule has 18 heavy (non-hydrogen) atoms. The van der Waals surface area contributed by atoms with Gasteiger partial charge in [0.05, 0.1) is 11.3 Å². The van der Waals surface area contributed by atoms with Crippen molar-refractivity contribution in [2.75, 3.05) is 12.0 Å². The topological polar surface area (TPSA) is 60.4 Å². The van der Waals surface area contributed by atoms with Crippen LogP contribution in [-0.2, 0) is 9.84 Å². The Hall–Kier alpha value is -1.50. The van der Waals surface area contributed by atoms with Crippen LogP contribution in [0, 0.1) is 0 Å². The van der Waals surface area contributed by atoms with E-state index >= 15 is 0 Å². The molecule has 0 unspecified atom stereocenters. The normalized spacial score (nSPS) is 11.6. The maximum Gasteiger partial charge on any atom is 0.387 e. The Balaban J connectivity index is 2.85. The Bertz CT molecular complexity index is 526. The minimum atomic E-state index is -3.27. The van der Waals surface area contributed by atoms with Gasteiger partial charge in [0.25, 0.3) is 0 Å². The van der Waals surface area contributed by atoms with E-state index in [1.165, 1.54) is 24.3 Å². The number of Topliss-reactive ketones (excluding diaryl/α,β-unsaturated/α-hetero) is 1. The van der Waals surface area contributed by atoms with Gasteiger partial charge in [-0.3, -0.25) is 4.79 Å². The molecule has 0 bridgehead atoms. The minimum absolute atomic E-state index is 0.0403. The third kappa shape index (κ3) is 4.79. The lowest BCUT2D eigenvalue weighted by atomic mass is 10.1. The highest BCUT2D eigenvalue weighted by Gasteiger charge is 2.16. The summed E-state index contributed by atoms with van der Waals surface area (Å²) in [6.07, 6.45) is 0.740. The van der Waals surface area contributed by atoms with E-state index in [1.54, 1.807) is 0 Å². The predicted octanol–water partition coefficient (Wildman–Crippen LogP) is 1.91. The molecule has 0 amide bonds. The third-order valence-corrected chi connectivity index (χ3v) is 3.05. The summed E-state index contributed by atoms with van der Waals surface area (Å²) in [6.45, 7) is -3.03. The van der Waals surface area contributed by atoms with Gasteiger partial charge in [0.15, 0.2) is 5.78 Å². The van der Waals surface area contributed by atoms with Gasteiger partial charge < -0.3 is 4.74 Å². The van der Waals surface area contributed by atoms with Crippen LogP contribution in [0.3, 0.4) is 0 Å². The molecule has 0 aliphatic rings. The van der Waals surface area contributed by atoms with Gasteiger partial charge in [0, 0.05) is 12.7 Å². The summed E-state index contributed by atoms with van der Waals surface area (Å²) >= 11 is 0. The highest BCUT2D eigenvalue weighted by atomic mass is 32.2. The molecule has 7 heteroatoms. The Morgan fingerprint density at radius 2 is 1.94 bits per heavy atom. The highest BCUT2D eigenvalue weighted by molar-refractivity contribution is 7.90. The molecule has 0 saturated heterocycles. The lowest BCUT2D eigenvalue weighted by molar-refractivity contribution is -0.0501. The van der Waals surface area contributed by atoms with Crippen LogP contribution in [-0.4, -0.2) is 32.8 Å². The molecule has 0 heterocycles. The van der Waals surface area contributed by atoms with Gasteiger partial charge in [0.1, 0.15) is 15.6 Å². The van der Waals surface area contributed by atoms with Crippen molar-refractivity contribution < 1.29 is 26.7 Å². The second kappa shape index (κ2) is 5.90. The number of sulfone groups is 1. The summed E-state index contributed by atoms with van der Waals surface area (Å²) in [5.41, 5.74) is -0.0403. The summed E-state index contributed by atoms with van der Waals surface area (Å²) in [6, 6.07) is 5.50. The standard InChI is InChI=1S/C11H12F2O4S/c1-18(15,16)7-6-9(14)8-4-2-3-5-10(8)17-11(12)13/h2-5,11H,6-7H2,1H3. The molecule has 0 atom stereocenters. The number of carbonyl (C=O) groups is 1. The first-order chi connectivity index (χ1) is 8.29. The summed E-state index contributed by atoms with van der Waals surface area (Å²) in [5.74, 6) is -1.11. The van der Waals surface area contributed by atoms with E-state index in [1.807, 2.05) is 0 Å². The number of halogens is 2. The van der Waals surface area contributed by atoms with Crippen LogP contribution in [0.1, 0.15) is 16.8 Å². The van der Waals surface area contributed by atoms with Crippen LogP contribution in [0.5, 0.6) is 5.75 Å². The largest absolute Gasteiger partial charge is 0.434 e. The number of ketones is 1. The molecule has 0 N–H and O–H groups in total. The van der Waals surface area contributed by atoms with E-state index in [2.05, 4.69) is 4.74 Å². The fraction of sp³-hybridized carbons (Fsp3) is 0.364. The summed E-state index contributed by atoms with van der Waals surface area (Å²) in [7, 11) is -3.27. The zero-order valence-corrected chi connectivity index (χ0v) is 10.4. The molecule has 0 fully saturated rings. The van der Waals surface area contributed by atoms with Crippen molar-refractivity contribution in [2.24, 2.45) is 0 Å². The Labute approximate surface area is 103 Å². The summed E-state index contributed by atoms with van der Waals surface area (Å²) in [5, 5.41) is 0. The summed E-state index contributed by atoms with van der Waals surface area (Å²) < 4.78 is 50.3. The van der Waals surface area contributed by atoms with Crippen molar-refractivity contribution in [2.45, 2.75) is 13.0 Å². The molecule has 0 aliphatic carbocycles. The lowest BCUT2D eigenvalue weighted by Gasteiger charge is -2.09. The molecular formula is C11H12F2O4S. The zero-order chi connectivity index (χ0) is 13.8. The molecule has 1 aromatic carbocycles. The zero-order valence-electron chi connectivity index (χ0n) is 9.60. The highest BCUT2D eigenvalue weighted by Crippen LogP contribution is 2.21. The fourth-order valence-electron chi connectivity index (χ4n) is 1.31. The Morgan fingerprint density at radius 3 is 2.50 bits per heavy atom. The van der Waals surface area contributed by atoms with Crippen LogP contribution in [0.2, 0.25) is 0 Å². The van der Waals surface area contributed by atoms with E-state index in [0.717, 1.165) is 6.26 Å². The first-order valence-corrected chi connectivity index (χ1v) is 7.10. The second-order valence-corrected chi connectivity index (χ2v) is 5.94. The SMILES string of the molecule is CS(=O)(=O)CCC(=O)c1ccccc1OC(F)F. The Kier molecular flexibility index (Phi) is 4.77. The van der Waals surface area contributed by atoms with Gasteiger partial charge >= 0.3 is 6.61 Å². The molecule has 0 radical (unpaired) electrons. The van der Waals surface area contributed by atoms with E-state index in [4.69, 9.17) is 0 Å². The maximum absolute atomic E-state index is 12.1.